The number of nitrogens with two attached hydrogens (primary N) is 1. The number of rotatable bonds is 5. The molecule has 0 aliphatic heterocycles. The van der Waals surface area contributed by atoms with Gasteiger partial charge in [-0.25, -0.2) is 4.68 Å². The van der Waals surface area contributed by atoms with Gasteiger partial charge in [0.15, 0.2) is 5.82 Å². The second-order valence-electron chi connectivity index (χ2n) is 2.35. The molecule has 1 heterocycles. The van der Waals surface area contributed by atoms with Crippen LogP contribution in [0.4, 0.5) is 0 Å². The van der Waals surface area contributed by atoms with Crippen LogP contribution in [0.1, 0.15) is 5.82 Å². The molecule has 1 aromatic heterocycles. The summed E-state index contributed by atoms with van der Waals surface area (Å²) >= 11 is 0. The summed E-state index contributed by atoms with van der Waals surface area (Å²) < 4.78 is 6.60. The van der Waals surface area contributed by atoms with Crippen molar-refractivity contribution in [2.75, 3.05) is 20.3 Å². The van der Waals surface area contributed by atoms with Crippen molar-refractivity contribution in [3.8, 4) is 0 Å². The first-order chi connectivity index (χ1) is 5.88. The normalized spacial score (nSPS) is 10.5. The highest BCUT2D eigenvalue weighted by Gasteiger charge is 2.03. The maximum Gasteiger partial charge on any atom is 0.153 e. The third-order valence-corrected chi connectivity index (χ3v) is 1.48. The zero-order valence-corrected chi connectivity index (χ0v) is 7.10. The van der Waals surface area contributed by atoms with E-state index < -0.39 is 0 Å². The quantitative estimate of drug-likeness (QED) is 0.603. The van der Waals surface area contributed by atoms with E-state index in [1.54, 1.807) is 11.8 Å². The Morgan fingerprint density at radius 3 is 3.08 bits per heavy atom. The maximum atomic E-state index is 5.37. The monoisotopic (exact) mass is 171 g/mol. The Balaban J connectivity index is 2.51. The summed E-state index contributed by atoms with van der Waals surface area (Å²) in [6, 6.07) is 0. The van der Waals surface area contributed by atoms with Gasteiger partial charge in [0, 0.05) is 20.1 Å². The maximum absolute atomic E-state index is 5.37. The molecule has 0 aliphatic carbocycles. The standard InChI is InChI=1S/C6H13N5O/c1-12-5-2-6-8-9-10-11(6)4-3-7/h2-5,7H2,1H3. The van der Waals surface area contributed by atoms with Crippen LogP contribution in [0.5, 0.6) is 0 Å². The molecule has 1 aromatic rings. The first-order valence-corrected chi connectivity index (χ1v) is 3.82. The molecule has 6 nitrogen and oxygen atoms in total. The molecule has 0 saturated carbocycles. The van der Waals surface area contributed by atoms with Gasteiger partial charge in [-0.2, -0.15) is 0 Å². The van der Waals surface area contributed by atoms with Gasteiger partial charge in [-0.3, -0.25) is 0 Å². The molecule has 0 spiro atoms. The molecule has 0 fully saturated rings. The van der Waals surface area contributed by atoms with E-state index in [1.807, 2.05) is 0 Å². The summed E-state index contributed by atoms with van der Waals surface area (Å²) in [7, 11) is 1.65. The number of ether oxygens (including phenoxy) is 1. The van der Waals surface area contributed by atoms with Crippen molar-refractivity contribution >= 4 is 0 Å². The molecule has 0 aliphatic rings. The second kappa shape index (κ2) is 4.78. The smallest absolute Gasteiger partial charge is 0.153 e. The van der Waals surface area contributed by atoms with E-state index >= 15 is 0 Å². The molecular weight excluding hydrogens is 158 g/mol. The van der Waals surface area contributed by atoms with E-state index in [1.165, 1.54) is 0 Å². The van der Waals surface area contributed by atoms with Crippen molar-refractivity contribution in [1.29, 1.82) is 0 Å². The first-order valence-electron chi connectivity index (χ1n) is 3.82. The number of methoxy groups -OCH3 is 1. The molecular formula is C6H13N5O. The lowest BCUT2D eigenvalue weighted by Gasteiger charge is -2.00. The van der Waals surface area contributed by atoms with Gasteiger partial charge in [0.1, 0.15) is 0 Å². The summed E-state index contributed by atoms with van der Waals surface area (Å²) in [4.78, 5) is 0. The Hall–Kier alpha value is -1.01. The summed E-state index contributed by atoms with van der Waals surface area (Å²) in [5.74, 6) is 0.822. The van der Waals surface area contributed by atoms with Gasteiger partial charge < -0.3 is 10.5 Å². The lowest BCUT2D eigenvalue weighted by Crippen LogP contribution is -2.15. The van der Waals surface area contributed by atoms with Crippen molar-refractivity contribution in [2.24, 2.45) is 5.73 Å². The van der Waals surface area contributed by atoms with Crippen LogP contribution in [-0.4, -0.2) is 40.5 Å². The molecule has 1 rings (SSSR count). The Bertz CT molecular complexity index is 223. The summed E-state index contributed by atoms with van der Waals surface area (Å²) in [5, 5.41) is 11.2. The van der Waals surface area contributed by atoms with Crippen LogP contribution in [0.3, 0.4) is 0 Å². The molecule has 0 radical (unpaired) electrons. The van der Waals surface area contributed by atoms with Gasteiger partial charge in [-0.05, 0) is 10.4 Å². The Kier molecular flexibility index (Phi) is 3.62. The molecule has 0 bridgehead atoms. The fraction of sp³-hybridized carbons (Fsp3) is 0.833. The number of tetrazole rings is 1. The van der Waals surface area contributed by atoms with E-state index in [2.05, 4.69) is 15.5 Å². The van der Waals surface area contributed by atoms with Crippen LogP contribution in [0.25, 0.3) is 0 Å². The van der Waals surface area contributed by atoms with Crippen molar-refractivity contribution < 1.29 is 4.74 Å². The molecule has 0 saturated heterocycles. The topological polar surface area (TPSA) is 78.9 Å². The van der Waals surface area contributed by atoms with E-state index in [0.29, 0.717) is 19.7 Å². The van der Waals surface area contributed by atoms with Gasteiger partial charge in [0.25, 0.3) is 0 Å². The summed E-state index contributed by atoms with van der Waals surface area (Å²) in [6.07, 6.45) is 0.726. The van der Waals surface area contributed by atoms with Crippen LogP contribution < -0.4 is 5.73 Å². The minimum atomic E-state index is 0.547. The number of hydrogen-bond donors (Lipinski definition) is 1. The van der Waals surface area contributed by atoms with Gasteiger partial charge in [-0.15, -0.1) is 5.10 Å². The highest BCUT2D eigenvalue weighted by Crippen LogP contribution is 1.92. The molecule has 6 heteroatoms. The SMILES string of the molecule is COCCc1nnnn1CCN. The van der Waals surface area contributed by atoms with E-state index in [-0.39, 0.29) is 0 Å². The number of aromatic nitrogens is 4. The molecule has 0 unspecified atom stereocenters. The number of nitrogens with zero attached hydrogens (tertiary/aromatic N) is 4. The minimum Gasteiger partial charge on any atom is -0.384 e. The van der Waals surface area contributed by atoms with Crippen molar-refractivity contribution in [1.82, 2.24) is 20.2 Å². The third kappa shape index (κ3) is 2.24. The zero-order chi connectivity index (χ0) is 8.81. The lowest BCUT2D eigenvalue weighted by molar-refractivity contribution is 0.199. The van der Waals surface area contributed by atoms with Crippen LogP contribution in [-0.2, 0) is 17.7 Å². The van der Waals surface area contributed by atoms with Gasteiger partial charge in [0.05, 0.1) is 13.2 Å². The van der Waals surface area contributed by atoms with E-state index in [9.17, 15) is 0 Å². The Labute approximate surface area is 70.7 Å². The lowest BCUT2D eigenvalue weighted by atomic mass is 10.4. The van der Waals surface area contributed by atoms with Gasteiger partial charge >= 0.3 is 0 Å². The number of hydrogen-bond acceptors (Lipinski definition) is 5. The minimum absolute atomic E-state index is 0.547. The molecule has 0 atom stereocenters. The largest absolute Gasteiger partial charge is 0.384 e. The molecule has 0 aromatic carbocycles. The van der Waals surface area contributed by atoms with Crippen LogP contribution >= 0.6 is 0 Å². The summed E-state index contributed by atoms with van der Waals surface area (Å²) in [6.45, 7) is 1.84. The summed E-state index contributed by atoms with van der Waals surface area (Å²) in [5.41, 5.74) is 5.37. The van der Waals surface area contributed by atoms with Crippen molar-refractivity contribution in [2.45, 2.75) is 13.0 Å². The van der Waals surface area contributed by atoms with Crippen LogP contribution in [0.15, 0.2) is 0 Å². The highest BCUT2D eigenvalue weighted by molar-refractivity contribution is 4.80. The van der Waals surface area contributed by atoms with E-state index in [4.69, 9.17) is 10.5 Å². The Morgan fingerprint density at radius 2 is 2.42 bits per heavy atom. The average Bonchev–Trinajstić information content (AvgIpc) is 2.50. The van der Waals surface area contributed by atoms with Crippen molar-refractivity contribution in [3.63, 3.8) is 0 Å². The first kappa shape index (κ1) is 9.08. The Morgan fingerprint density at radius 1 is 1.58 bits per heavy atom. The predicted molar refractivity (Wildman–Crippen MR) is 42.5 cm³/mol. The molecule has 68 valence electrons. The van der Waals surface area contributed by atoms with Crippen molar-refractivity contribution in [3.05, 3.63) is 5.82 Å². The molecule has 0 amide bonds. The third-order valence-electron chi connectivity index (χ3n) is 1.48. The van der Waals surface area contributed by atoms with Crippen LogP contribution in [0, 0.1) is 0 Å². The zero-order valence-electron chi connectivity index (χ0n) is 7.10. The average molecular weight is 171 g/mol. The van der Waals surface area contributed by atoms with Gasteiger partial charge in [-0.1, -0.05) is 0 Å². The van der Waals surface area contributed by atoms with Crippen LogP contribution in [0.2, 0.25) is 0 Å². The van der Waals surface area contributed by atoms with E-state index in [0.717, 1.165) is 12.2 Å². The predicted octanol–water partition coefficient (Wildman–Crippen LogP) is -1.18. The fourth-order valence-corrected chi connectivity index (χ4v) is 0.892. The highest BCUT2D eigenvalue weighted by atomic mass is 16.5. The van der Waals surface area contributed by atoms with Gasteiger partial charge in [0.2, 0.25) is 0 Å². The molecule has 2 N–H and O–H groups in total. The fourth-order valence-electron chi connectivity index (χ4n) is 0.892. The molecule has 12 heavy (non-hydrogen) atoms. The second-order valence-corrected chi connectivity index (χ2v) is 2.35.